The number of halogens is 1. The lowest BCUT2D eigenvalue weighted by molar-refractivity contribution is -0.127. The van der Waals surface area contributed by atoms with E-state index in [1.54, 1.807) is 36.4 Å². The number of hydrazine groups is 1. The van der Waals surface area contributed by atoms with Gasteiger partial charge in [-0.05, 0) is 43.0 Å². The number of aromatic nitrogens is 2. The van der Waals surface area contributed by atoms with Crippen LogP contribution in [0.25, 0.3) is 10.8 Å². The highest BCUT2D eigenvalue weighted by Gasteiger charge is 2.43. The normalized spacial score (nSPS) is 14.9. The van der Waals surface area contributed by atoms with Gasteiger partial charge in [0.1, 0.15) is 0 Å². The molecule has 2 N–H and O–H groups in total. The number of carbonyl (C=O) groups is 2. The highest BCUT2D eigenvalue weighted by Crippen LogP contribution is 2.41. The number of carbonyl (C=O) groups excluding carboxylic acids is 2. The minimum atomic E-state index is -0.714. The Labute approximate surface area is 190 Å². The molecule has 8 heteroatoms. The van der Waals surface area contributed by atoms with Crippen LogP contribution in [0.1, 0.15) is 55.1 Å². The molecule has 1 saturated carbocycles. The van der Waals surface area contributed by atoms with E-state index in [0.29, 0.717) is 41.6 Å². The molecule has 1 aliphatic carbocycles. The fourth-order valence-electron chi connectivity index (χ4n) is 4.45. The van der Waals surface area contributed by atoms with Crippen molar-refractivity contribution in [3.05, 3.63) is 75.2 Å². The van der Waals surface area contributed by atoms with Crippen LogP contribution < -0.4 is 16.4 Å². The van der Waals surface area contributed by atoms with E-state index >= 15 is 0 Å². The maximum Gasteiger partial charge on any atom is 0.290 e. The molecule has 2 amide bonds. The van der Waals surface area contributed by atoms with E-state index in [1.165, 1.54) is 4.68 Å². The molecule has 0 aliphatic heterocycles. The average Bonchev–Trinajstić information content (AvgIpc) is 3.31. The minimum Gasteiger partial charge on any atom is -0.272 e. The Bertz CT molecular complexity index is 1210. The van der Waals surface area contributed by atoms with Gasteiger partial charge in [0.15, 0.2) is 5.69 Å². The molecule has 0 unspecified atom stereocenters. The summed E-state index contributed by atoms with van der Waals surface area (Å²) in [6, 6.07) is 14.1. The van der Waals surface area contributed by atoms with Crippen molar-refractivity contribution in [2.24, 2.45) is 0 Å². The van der Waals surface area contributed by atoms with Crippen LogP contribution in [0.15, 0.2) is 53.3 Å². The summed E-state index contributed by atoms with van der Waals surface area (Å²) in [6.07, 6.45) is 3.95. The number of aryl methyl sites for hydroxylation is 1. The van der Waals surface area contributed by atoms with E-state index in [2.05, 4.69) is 16.0 Å². The lowest BCUT2D eigenvalue weighted by Crippen LogP contribution is -2.51. The summed E-state index contributed by atoms with van der Waals surface area (Å²) in [6.45, 7) is 2.33. The largest absolute Gasteiger partial charge is 0.290 e. The van der Waals surface area contributed by atoms with E-state index < -0.39 is 11.3 Å². The van der Waals surface area contributed by atoms with Gasteiger partial charge >= 0.3 is 0 Å². The Kier molecular flexibility index (Phi) is 6.28. The molecule has 166 valence electrons. The number of amides is 2. The second-order valence-electron chi connectivity index (χ2n) is 8.13. The van der Waals surface area contributed by atoms with Crippen LogP contribution in [0.4, 0.5) is 0 Å². The molecule has 0 spiro atoms. The molecular weight excluding hydrogens is 428 g/mol. The Morgan fingerprint density at radius 1 is 1.03 bits per heavy atom. The Balaban J connectivity index is 1.60. The average molecular weight is 453 g/mol. The molecule has 1 fully saturated rings. The maximum absolute atomic E-state index is 13.2. The molecule has 1 heterocycles. The van der Waals surface area contributed by atoms with Gasteiger partial charge in [0.2, 0.25) is 5.91 Å². The Morgan fingerprint density at radius 2 is 1.69 bits per heavy atom. The molecule has 7 nitrogen and oxygen atoms in total. The number of nitrogens with one attached hydrogen (secondary N) is 2. The van der Waals surface area contributed by atoms with E-state index in [4.69, 9.17) is 11.6 Å². The van der Waals surface area contributed by atoms with Gasteiger partial charge in [-0.2, -0.15) is 5.10 Å². The number of benzene rings is 2. The topological polar surface area (TPSA) is 93.1 Å². The van der Waals surface area contributed by atoms with E-state index in [1.807, 2.05) is 19.1 Å². The molecule has 1 aliphatic rings. The maximum atomic E-state index is 13.2. The van der Waals surface area contributed by atoms with Gasteiger partial charge in [0.25, 0.3) is 11.5 Å². The summed E-state index contributed by atoms with van der Waals surface area (Å²) in [5, 5.41) is 5.75. The molecule has 2 aromatic carbocycles. The summed E-state index contributed by atoms with van der Waals surface area (Å²) in [7, 11) is 0. The first-order chi connectivity index (χ1) is 15.5. The first kappa shape index (κ1) is 22.0. The number of hydrogen-bond donors (Lipinski definition) is 2. The standard InChI is InChI=1S/C24H25ClN4O3/c1-2-15-29-22(31)19-8-4-3-7-18(19)20(28-29)21(30)26-27-23(32)24(13-5-6-14-24)16-9-11-17(25)12-10-16/h3-4,7-12H,2,5-6,13-15H2,1H3,(H,26,30)(H,27,32). The highest BCUT2D eigenvalue weighted by atomic mass is 35.5. The molecule has 4 rings (SSSR count). The smallest absolute Gasteiger partial charge is 0.272 e. The van der Waals surface area contributed by atoms with Crippen molar-refractivity contribution in [3.8, 4) is 0 Å². The summed E-state index contributed by atoms with van der Waals surface area (Å²) >= 11 is 6.02. The van der Waals surface area contributed by atoms with Gasteiger partial charge in [-0.25, -0.2) is 4.68 Å². The van der Waals surface area contributed by atoms with E-state index in [9.17, 15) is 14.4 Å². The zero-order valence-corrected chi connectivity index (χ0v) is 18.6. The van der Waals surface area contributed by atoms with Gasteiger partial charge in [-0.15, -0.1) is 0 Å². The lowest BCUT2D eigenvalue weighted by Gasteiger charge is -2.28. The third kappa shape index (κ3) is 4.00. The van der Waals surface area contributed by atoms with Gasteiger partial charge in [-0.1, -0.05) is 61.7 Å². The van der Waals surface area contributed by atoms with Crippen molar-refractivity contribution in [1.82, 2.24) is 20.6 Å². The third-order valence-electron chi connectivity index (χ3n) is 6.10. The molecule has 32 heavy (non-hydrogen) atoms. The van der Waals surface area contributed by atoms with Crippen molar-refractivity contribution < 1.29 is 9.59 Å². The molecule has 1 aromatic heterocycles. The van der Waals surface area contributed by atoms with Crippen molar-refractivity contribution in [2.75, 3.05) is 0 Å². The predicted octanol–water partition coefficient (Wildman–Crippen LogP) is 3.73. The summed E-state index contributed by atoms with van der Waals surface area (Å²) in [5.74, 6) is -0.833. The second-order valence-corrected chi connectivity index (χ2v) is 8.56. The van der Waals surface area contributed by atoms with Crippen LogP contribution >= 0.6 is 11.6 Å². The van der Waals surface area contributed by atoms with E-state index in [0.717, 1.165) is 18.4 Å². The van der Waals surface area contributed by atoms with Gasteiger partial charge in [0.05, 0.1) is 10.8 Å². The first-order valence-corrected chi connectivity index (χ1v) is 11.2. The monoisotopic (exact) mass is 452 g/mol. The SMILES string of the molecule is CCCn1nc(C(=O)NNC(=O)C2(c3ccc(Cl)cc3)CCCC2)c2ccccc2c1=O. The number of rotatable bonds is 5. The van der Waals surface area contributed by atoms with Crippen LogP contribution in [0.2, 0.25) is 5.02 Å². The lowest BCUT2D eigenvalue weighted by atomic mass is 9.78. The second kappa shape index (κ2) is 9.12. The summed E-state index contributed by atoms with van der Waals surface area (Å²) in [4.78, 5) is 38.9. The van der Waals surface area contributed by atoms with Gasteiger partial charge in [0, 0.05) is 17.0 Å². The quantitative estimate of drug-likeness (QED) is 0.577. The zero-order chi connectivity index (χ0) is 22.7. The van der Waals surface area contributed by atoms with Crippen LogP contribution in [-0.4, -0.2) is 21.6 Å². The van der Waals surface area contributed by atoms with Crippen LogP contribution in [0.3, 0.4) is 0 Å². The third-order valence-corrected chi connectivity index (χ3v) is 6.35. The Hall–Kier alpha value is -3.19. The van der Waals surface area contributed by atoms with Crippen LogP contribution in [-0.2, 0) is 16.8 Å². The van der Waals surface area contributed by atoms with E-state index in [-0.39, 0.29) is 17.2 Å². The number of nitrogens with zero attached hydrogens (tertiary/aromatic N) is 2. The van der Waals surface area contributed by atoms with Crippen molar-refractivity contribution in [2.45, 2.75) is 51.0 Å². The van der Waals surface area contributed by atoms with Crippen molar-refractivity contribution >= 4 is 34.2 Å². The molecule has 0 saturated heterocycles. The fourth-order valence-corrected chi connectivity index (χ4v) is 4.58. The molecular formula is C24H25ClN4O3. The molecule has 0 bridgehead atoms. The molecule has 0 radical (unpaired) electrons. The zero-order valence-electron chi connectivity index (χ0n) is 17.9. The number of fused-ring (bicyclic) bond motifs is 1. The Morgan fingerprint density at radius 3 is 2.34 bits per heavy atom. The first-order valence-electron chi connectivity index (χ1n) is 10.8. The van der Waals surface area contributed by atoms with Crippen molar-refractivity contribution in [3.63, 3.8) is 0 Å². The summed E-state index contributed by atoms with van der Waals surface area (Å²) in [5.41, 5.74) is 5.15. The van der Waals surface area contributed by atoms with Gasteiger partial charge < -0.3 is 0 Å². The van der Waals surface area contributed by atoms with Crippen molar-refractivity contribution in [1.29, 1.82) is 0 Å². The fraction of sp³-hybridized carbons (Fsp3) is 0.333. The van der Waals surface area contributed by atoms with Gasteiger partial charge in [-0.3, -0.25) is 25.2 Å². The summed E-state index contributed by atoms with van der Waals surface area (Å²) < 4.78 is 1.30. The van der Waals surface area contributed by atoms with Crippen LogP contribution in [0, 0.1) is 0 Å². The minimum absolute atomic E-state index is 0.0981. The predicted molar refractivity (Wildman–Crippen MR) is 124 cm³/mol. The highest BCUT2D eigenvalue weighted by molar-refractivity contribution is 6.30. The number of hydrogen-bond acceptors (Lipinski definition) is 4. The molecule has 3 aromatic rings. The van der Waals surface area contributed by atoms with Crippen LogP contribution in [0.5, 0.6) is 0 Å². The molecule has 0 atom stereocenters.